The molecule has 1 saturated heterocycles. The van der Waals surface area contributed by atoms with Crippen LogP contribution in [0.15, 0.2) is 24.3 Å². The summed E-state index contributed by atoms with van der Waals surface area (Å²) in [5.74, 6) is 1.20. The average molecular weight is 274 g/mol. The van der Waals surface area contributed by atoms with E-state index >= 15 is 0 Å². The SMILES string of the molecule is CC1SCCN(C(=O)Cc2ccc(C#N)cc2)C1C. The number of hydrogen-bond donors (Lipinski definition) is 0. The summed E-state index contributed by atoms with van der Waals surface area (Å²) < 4.78 is 0. The molecule has 1 aliphatic heterocycles. The lowest BCUT2D eigenvalue weighted by molar-refractivity contribution is -0.132. The van der Waals surface area contributed by atoms with Crippen molar-refractivity contribution in [1.82, 2.24) is 4.90 Å². The second kappa shape index (κ2) is 6.12. The molecule has 1 aromatic rings. The second-order valence-electron chi connectivity index (χ2n) is 4.89. The number of nitrogens with zero attached hydrogens (tertiary/aromatic N) is 2. The van der Waals surface area contributed by atoms with Gasteiger partial charge in [-0.2, -0.15) is 17.0 Å². The Morgan fingerprint density at radius 1 is 1.42 bits per heavy atom. The Morgan fingerprint density at radius 2 is 2.11 bits per heavy atom. The van der Waals surface area contributed by atoms with Gasteiger partial charge in [0.25, 0.3) is 0 Å². The zero-order valence-corrected chi connectivity index (χ0v) is 12.1. The van der Waals surface area contributed by atoms with E-state index in [0.29, 0.717) is 23.3 Å². The molecule has 3 nitrogen and oxygen atoms in total. The number of carbonyl (C=O) groups is 1. The first-order valence-corrected chi connectivity index (χ1v) is 7.57. The maximum atomic E-state index is 12.3. The van der Waals surface area contributed by atoms with Gasteiger partial charge in [0.15, 0.2) is 0 Å². The Hall–Kier alpha value is -1.47. The maximum absolute atomic E-state index is 12.3. The minimum absolute atomic E-state index is 0.185. The zero-order valence-electron chi connectivity index (χ0n) is 11.3. The van der Waals surface area contributed by atoms with Crippen LogP contribution in [0.3, 0.4) is 0 Å². The highest BCUT2D eigenvalue weighted by Crippen LogP contribution is 2.24. The summed E-state index contributed by atoms with van der Waals surface area (Å²) >= 11 is 1.93. The molecule has 1 amide bonds. The van der Waals surface area contributed by atoms with Crippen LogP contribution in [-0.2, 0) is 11.2 Å². The summed E-state index contributed by atoms with van der Waals surface area (Å²) in [6.07, 6.45) is 0.424. The number of benzene rings is 1. The molecule has 1 heterocycles. The molecule has 0 radical (unpaired) electrons. The van der Waals surface area contributed by atoms with E-state index < -0.39 is 0 Å². The van der Waals surface area contributed by atoms with Crippen LogP contribution in [0.1, 0.15) is 25.0 Å². The van der Waals surface area contributed by atoms with Crippen molar-refractivity contribution in [2.75, 3.05) is 12.3 Å². The summed E-state index contributed by atoms with van der Waals surface area (Å²) in [5.41, 5.74) is 1.61. The van der Waals surface area contributed by atoms with Crippen LogP contribution in [0.4, 0.5) is 0 Å². The van der Waals surface area contributed by atoms with Gasteiger partial charge in [-0.25, -0.2) is 0 Å². The van der Waals surface area contributed by atoms with Crippen molar-refractivity contribution in [3.8, 4) is 6.07 Å². The van der Waals surface area contributed by atoms with E-state index in [0.717, 1.165) is 17.9 Å². The van der Waals surface area contributed by atoms with Gasteiger partial charge in [-0.1, -0.05) is 19.1 Å². The third-order valence-electron chi connectivity index (χ3n) is 3.64. The lowest BCUT2D eigenvalue weighted by atomic mass is 10.1. The summed E-state index contributed by atoms with van der Waals surface area (Å²) in [4.78, 5) is 14.3. The van der Waals surface area contributed by atoms with Gasteiger partial charge in [0, 0.05) is 23.6 Å². The molecule has 0 aromatic heterocycles. The van der Waals surface area contributed by atoms with Crippen molar-refractivity contribution in [1.29, 1.82) is 5.26 Å². The van der Waals surface area contributed by atoms with Crippen LogP contribution in [0.25, 0.3) is 0 Å². The third-order valence-corrected chi connectivity index (χ3v) is 4.98. The number of thioether (sulfide) groups is 1. The van der Waals surface area contributed by atoms with E-state index in [1.54, 1.807) is 12.1 Å². The van der Waals surface area contributed by atoms with Gasteiger partial charge < -0.3 is 4.90 Å². The fraction of sp³-hybridized carbons (Fsp3) is 0.467. The normalized spacial score (nSPS) is 22.9. The van der Waals surface area contributed by atoms with Gasteiger partial charge in [0.05, 0.1) is 18.1 Å². The van der Waals surface area contributed by atoms with E-state index in [-0.39, 0.29) is 5.91 Å². The first-order valence-electron chi connectivity index (χ1n) is 6.52. The highest BCUT2D eigenvalue weighted by Gasteiger charge is 2.28. The second-order valence-corrected chi connectivity index (χ2v) is 6.37. The summed E-state index contributed by atoms with van der Waals surface area (Å²) in [7, 11) is 0. The van der Waals surface area contributed by atoms with Crippen LogP contribution < -0.4 is 0 Å². The molecular formula is C15H18N2OS. The zero-order chi connectivity index (χ0) is 13.8. The fourth-order valence-electron chi connectivity index (χ4n) is 2.26. The van der Waals surface area contributed by atoms with Crippen molar-refractivity contribution in [2.24, 2.45) is 0 Å². The quantitative estimate of drug-likeness (QED) is 0.832. The molecule has 2 rings (SSSR count). The number of amides is 1. The van der Waals surface area contributed by atoms with Crippen molar-refractivity contribution >= 4 is 17.7 Å². The molecule has 0 spiro atoms. The highest BCUT2D eigenvalue weighted by molar-refractivity contribution is 8.00. The smallest absolute Gasteiger partial charge is 0.227 e. The molecule has 0 bridgehead atoms. The van der Waals surface area contributed by atoms with Crippen molar-refractivity contribution in [3.63, 3.8) is 0 Å². The lowest BCUT2D eigenvalue weighted by Crippen LogP contribution is -2.48. The summed E-state index contributed by atoms with van der Waals surface area (Å²) in [6, 6.07) is 9.64. The molecule has 2 unspecified atom stereocenters. The summed E-state index contributed by atoms with van der Waals surface area (Å²) in [6.45, 7) is 5.13. The molecule has 1 aromatic carbocycles. The first kappa shape index (κ1) is 14.0. The van der Waals surface area contributed by atoms with Crippen LogP contribution in [-0.4, -0.2) is 34.4 Å². The van der Waals surface area contributed by atoms with Crippen LogP contribution >= 0.6 is 11.8 Å². The minimum Gasteiger partial charge on any atom is -0.338 e. The molecule has 4 heteroatoms. The molecule has 1 fully saturated rings. The molecule has 1 aliphatic rings. The predicted molar refractivity (Wildman–Crippen MR) is 78.0 cm³/mol. The van der Waals surface area contributed by atoms with Gasteiger partial charge in [0.2, 0.25) is 5.91 Å². The van der Waals surface area contributed by atoms with Crippen LogP contribution in [0.2, 0.25) is 0 Å². The Morgan fingerprint density at radius 3 is 2.74 bits per heavy atom. The minimum atomic E-state index is 0.185. The van der Waals surface area contributed by atoms with Crippen LogP contribution in [0, 0.1) is 11.3 Å². The Labute approximate surface area is 118 Å². The highest BCUT2D eigenvalue weighted by atomic mass is 32.2. The van der Waals surface area contributed by atoms with Crippen molar-refractivity contribution < 1.29 is 4.79 Å². The third kappa shape index (κ3) is 3.30. The predicted octanol–water partition coefficient (Wildman–Crippen LogP) is 2.45. The first-order chi connectivity index (χ1) is 9.11. The van der Waals surface area contributed by atoms with Gasteiger partial charge >= 0.3 is 0 Å². The van der Waals surface area contributed by atoms with E-state index in [9.17, 15) is 4.79 Å². The Kier molecular flexibility index (Phi) is 4.49. The number of hydrogen-bond acceptors (Lipinski definition) is 3. The van der Waals surface area contributed by atoms with E-state index in [1.165, 1.54) is 0 Å². The molecule has 19 heavy (non-hydrogen) atoms. The molecule has 0 N–H and O–H groups in total. The lowest BCUT2D eigenvalue weighted by Gasteiger charge is -2.37. The standard InChI is InChI=1S/C15H18N2OS/c1-11-12(2)19-8-7-17(11)15(18)9-13-3-5-14(10-16)6-4-13/h3-6,11-12H,7-9H2,1-2H3. The average Bonchev–Trinajstić information content (AvgIpc) is 2.42. The molecule has 0 saturated carbocycles. The van der Waals surface area contributed by atoms with Crippen molar-refractivity contribution in [2.45, 2.75) is 31.6 Å². The molecular weight excluding hydrogens is 256 g/mol. The monoisotopic (exact) mass is 274 g/mol. The van der Waals surface area contributed by atoms with E-state index in [2.05, 4.69) is 19.9 Å². The number of rotatable bonds is 2. The van der Waals surface area contributed by atoms with Gasteiger partial charge in [0.1, 0.15) is 0 Å². The van der Waals surface area contributed by atoms with Crippen molar-refractivity contribution in [3.05, 3.63) is 35.4 Å². The topological polar surface area (TPSA) is 44.1 Å². The number of nitriles is 1. The number of carbonyl (C=O) groups excluding carboxylic acids is 1. The summed E-state index contributed by atoms with van der Waals surface area (Å²) in [5, 5.41) is 9.25. The maximum Gasteiger partial charge on any atom is 0.227 e. The van der Waals surface area contributed by atoms with Gasteiger partial charge in [-0.15, -0.1) is 0 Å². The Bertz CT molecular complexity index is 492. The van der Waals surface area contributed by atoms with Gasteiger partial charge in [-0.05, 0) is 24.6 Å². The van der Waals surface area contributed by atoms with E-state index in [1.807, 2.05) is 28.8 Å². The van der Waals surface area contributed by atoms with Gasteiger partial charge in [-0.3, -0.25) is 4.79 Å². The van der Waals surface area contributed by atoms with Crippen LogP contribution in [0.5, 0.6) is 0 Å². The molecule has 0 aliphatic carbocycles. The largest absolute Gasteiger partial charge is 0.338 e. The Balaban J connectivity index is 2.02. The van der Waals surface area contributed by atoms with E-state index in [4.69, 9.17) is 5.26 Å². The fourth-order valence-corrected chi connectivity index (χ4v) is 3.36. The molecule has 100 valence electrons. The molecule has 2 atom stereocenters.